The minimum absolute atomic E-state index is 0.483. The summed E-state index contributed by atoms with van der Waals surface area (Å²) in [6, 6.07) is 140. The summed E-state index contributed by atoms with van der Waals surface area (Å²) in [5.74, 6) is 1.50. The highest BCUT2D eigenvalue weighted by Crippen LogP contribution is 2.43. The summed E-state index contributed by atoms with van der Waals surface area (Å²) in [5, 5.41) is 18.9. The molecule has 9 nitrogen and oxygen atoms in total. The average molecular weight is 1410 g/mol. The molecule has 16 aromatic carbocycles. The highest BCUT2D eigenvalue weighted by molar-refractivity contribution is 7.20. The molecule has 10 heteroatoms. The second kappa shape index (κ2) is 23.8. The molecule has 0 saturated heterocycles. The van der Waals surface area contributed by atoms with Gasteiger partial charge < -0.3 is 18.3 Å². The normalized spacial score (nSPS) is 12.2. The van der Waals surface area contributed by atoms with Crippen molar-refractivity contribution >= 4 is 160 Å². The van der Waals surface area contributed by atoms with Crippen molar-refractivity contribution in [3.8, 4) is 46.0 Å². The number of para-hydroxylation sites is 8. The number of aromatic nitrogens is 9. The average Bonchev–Trinajstić information content (AvgIpc) is 1.63. The smallest absolute Gasteiger partial charge is 0.240 e. The Morgan fingerprint density at radius 3 is 0.661 bits per heavy atom. The second-order valence-corrected chi connectivity index (χ2v) is 32.5. The molecule has 0 aliphatic rings. The summed E-state index contributed by atoms with van der Waals surface area (Å²) in [4.78, 5) is 17.8. The van der Waals surface area contributed by atoms with Crippen LogP contribution in [0, 0.1) is 0 Å². The molecule has 0 unspecified atom stereocenters. The summed E-state index contributed by atoms with van der Waals surface area (Å²) in [6.07, 6.45) is 0. The predicted octanol–water partition coefficient (Wildman–Crippen LogP) is 21.5. The highest BCUT2D eigenvalue weighted by Gasteiger charge is 2.42. The zero-order chi connectivity index (χ0) is 71.4. The maximum Gasteiger partial charge on any atom is 0.240 e. The molecule has 0 fully saturated rings. The third-order valence-electron chi connectivity index (χ3n) is 23.0. The second-order valence-electron chi connectivity index (χ2n) is 28.6. The lowest BCUT2D eigenvalue weighted by atomic mass is 10.1. The van der Waals surface area contributed by atoms with E-state index in [9.17, 15) is 0 Å². The summed E-state index contributed by atoms with van der Waals surface area (Å²) >= 11 is 0. The number of nitrogens with zero attached hydrogens (tertiary/aromatic N) is 9. The molecule has 109 heavy (non-hydrogen) atoms. The minimum atomic E-state index is -3.08. The largest absolute Gasteiger partial charge is 0.309 e. The molecule has 7 aromatic heterocycles. The van der Waals surface area contributed by atoms with Crippen molar-refractivity contribution in [2.45, 2.75) is 0 Å². The van der Waals surface area contributed by atoms with Crippen LogP contribution in [0.25, 0.3) is 177 Å². The Morgan fingerprint density at radius 1 is 0.165 bits per heavy atom. The Kier molecular flexibility index (Phi) is 13.3. The molecule has 0 aliphatic heterocycles. The fourth-order valence-electron chi connectivity index (χ4n) is 18.4. The van der Waals surface area contributed by atoms with E-state index in [1.165, 1.54) is 63.8 Å². The Hall–Kier alpha value is -14.5. The van der Waals surface area contributed by atoms with Crippen molar-refractivity contribution in [2.75, 3.05) is 0 Å². The lowest BCUT2D eigenvalue weighted by molar-refractivity contribution is 0.892. The van der Waals surface area contributed by atoms with Crippen LogP contribution in [0.15, 0.2) is 382 Å². The van der Waals surface area contributed by atoms with Gasteiger partial charge in [0.25, 0.3) is 0 Å². The van der Waals surface area contributed by atoms with Gasteiger partial charge in [0, 0.05) is 92.9 Å². The van der Waals surface area contributed by atoms with Gasteiger partial charge in [-0.3, -0.25) is 9.13 Å². The Labute approximate surface area is 626 Å². The van der Waals surface area contributed by atoms with Crippen molar-refractivity contribution in [3.63, 3.8) is 0 Å². The number of hydrogen-bond donors (Lipinski definition) is 0. The van der Waals surface area contributed by atoms with Crippen LogP contribution in [0.1, 0.15) is 0 Å². The van der Waals surface area contributed by atoms with E-state index < -0.39 is 8.07 Å². The van der Waals surface area contributed by atoms with Crippen LogP contribution in [-0.2, 0) is 0 Å². The third-order valence-corrected chi connectivity index (χ3v) is 27.8. The molecule has 0 bridgehead atoms. The van der Waals surface area contributed by atoms with E-state index in [1.54, 1.807) is 0 Å². The molecular formula is C99H63N9Si. The molecule has 508 valence electrons. The third kappa shape index (κ3) is 8.98. The molecule has 0 N–H and O–H groups in total. The molecule has 0 radical (unpaired) electrons. The van der Waals surface area contributed by atoms with Crippen LogP contribution in [-0.4, -0.2) is 50.4 Å². The summed E-state index contributed by atoms with van der Waals surface area (Å²) in [7, 11) is -3.08. The Balaban J connectivity index is 0.828. The Morgan fingerprint density at radius 2 is 0.394 bits per heavy atom. The molecule has 0 saturated carbocycles. The first-order valence-corrected chi connectivity index (χ1v) is 39.2. The van der Waals surface area contributed by atoms with Crippen molar-refractivity contribution in [1.82, 2.24) is 42.4 Å². The summed E-state index contributed by atoms with van der Waals surface area (Å²) < 4.78 is 14.3. The van der Waals surface area contributed by atoms with Gasteiger partial charge in [-0.2, -0.15) is 15.0 Å². The van der Waals surface area contributed by atoms with Gasteiger partial charge in [-0.1, -0.05) is 261 Å². The number of hydrogen-bond acceptors (Lipinski definition) is 3. The first-order chi connectivity index (χ1) is 54.1. The molecule has 0 aliphatic carbocycles. The Bertz CT molecular complexity index is 6670. The highest BCUT2D eigenvalue weighted by atomic mass is 28.3. The number of rotatable bonds is 11. The number of fused-ring (bicyclic) bond motifs is 18. The maximum atomic E-state index is 5.97. The summed E-state index contributed by atoms with van der Waals surface area (Å²) in [6.45, 7) is 0. The van der Waals surface area contributed by atoms with E-state index in [-0.39, 0.29) is 0 Å². The maximum absolute atomic E-state index is 5.97. The van der Waals surface area contributed by atoms with Crippen LogP contribution in [0.3, 0.4) is 0 Å². The first kappa shape index (κ1) is 60.9. The topological polar surface area (TPSA) is 68.2 Å². The monoisotopic (exact) mass is 1410 g/mol. The van der Waals surface area contributed by atoms with E-state index in [0.717, 1.165) is 116 Å². The fourth-order valence-corrected chi connectivity index (χ4v) is 23.2. The molecular weight excluding hydrogens is 1340 g/mol. The quantitative estimate of drug-likeness (QED) is 0.0957. The molecule has 7 heterocycles. The summed E-state index contributed by atoms with van der Waals surface area (Å²) in [5.41, 5.74) is 18.0. The van der Waals surface area contributed by atoms with Gasteiger partial charge in [0.05, 0.1) is 66.2 Å². The van der Waals surface area contributed by atoms with E-state index in [2.05, 4.69) is 410 Å². The van der Waals surface area contributed by atoms with Crippen LogP contribution in [0.5, 0.6) is 0 Å². The van der Waals surface area contributed by atoms with Gasteiger partial charge in [0.2, 0.25) is 11.9 Å². The van der Waals surface area contributed by atoms with Crippen LogP contribution in [0.2, 0.25) is 0 Å². The van der Waals surface area contributed by atoms with Crippen LogP contribution >= 0.6 is 0 Å². The zero-order valence-electron chi connectivity index (χ0n) is 58.9. The minimum Gasteiger partial charge on any atom is -0.309 e. The first-order valence-electron chi connectivity index (χ1n) is 37.2. The van der Waals surface area contributed by atoms with Crippen LogP contribution in [0.4, 0.5) is 0 Å². The van der Waals surface area contributed by atoms with Gasteiger partial charge in [0.15, 0.2) is 13.9 Å². The van der Waals surface area contributed by atoms with E-state index in [0.29, 0.717) is 17.7 Å². The molecule has 0 spiro atoms. The van der Waals surface area contributed by atoms with E-state index >= 15 is 0 Å². The predicted molar refractivity (Wildman–Crippen MR) is 455 cm³/mol. The standard InChI is InChI=1S/C99H63N9Si/c1-4-28-69(29-5-1)109(70-30-6-2-7-31-70,71-32-8-3-9-33-71)72-34-26-27-64(59-72)97-100-98(107-93-55-51-65(103-85-43-18-10-35-73(85)74-36-11-19-44-86(74)103)60-81(93)82-61-66(52-56-94(82)107)104-87-45-20-12-37-75(87)76-38-13-21-46-88(76)104)102-99(101-97)108-95-57-53-67(105-89-47-22-14-39-77(89)78-40-15-23-48-90(78)105)62-83(95)84-63-68(54-58-96(84)108)106-91-49-24-16-41-79(91)80-42-17-25-50-92(80)106/h1-63H. The lowest BCUT2D eigenvalue weighted by Gasteiger charge is -2.34. The van der Waals surface area contributed by atoms with Gasteiger partial charge in [-0.05, 0) is 142 Å². The van der Waals surface area contributed by atoms with Gasteiger partial charge in [-0.15, -0.1) is 0 Å². The van der Waals surface area contributed by atoms with Crippen molar-refractivity contribution in [1.29, 1.82) is 0 Å². The van der Waals surface area contributed by atoms with Gasteiger partial charge >= 0.3 is 0 Å². The van der Waals surface area contributed by atoms with E-state index in [1.807, 2.05) is 0 Å². The molecule has 0 atom stereocenters. The number of benzene rings is 16. The van der Waals surface area contributed by atoms with Gasteiger partial charge in [0.1, 0.15) is 0 Å². The van der Waals surface area contributed by atoms with Crippen molar-refractivity contribution in [3.05, 3.63) is 382 Å². The van der Waals surface area contributed by atoms with E-state index in [4.69, 9.17) is 15.0 Å². The van der Waals surface area contributed by atoms with Gasteiger partial charge in [-0.25, -0.2) is 0 Å². The molecule has 23 aromatic rings. The lowest BCUT2D eigenvalue weighted by Crippen LogP contribution is -2.74. The fraction of sp³-hybridized carbons (Fsp3) is 0. The zero-order valence-corrected chi connectivity index (χ0v) is 59.9. The SMILES string of the molecule is c1ccc([Si](c2ccccc2)(c2ccccc2)c2cccc(-c3nc(-n4c5ccc(-n6c7ccccc7c7ccccc76)cc5c5cc(-n6c7ccccc7c7ccccc76)ccc54)nc(-n4c5ccc(-n6c7ccccc7c7ccccc76)cc5c5cc(-n6c7ccccc7c7ccccc76)ccc54)n3)c2)cc1. The van der Waals surface area contributed by atoms with Crippen molar-refractivity contribution < 1.29 is 0 Å². The van der Waals surface area contributed by atoms with Crippen molar-refractivity contribution in [2.24, 2.45) is 0 Å². The molecule has 23 rings (SSSR count). The molecule has 0 amide bonds. The van der Waals surface area contributed by atoms with Crippen LogP contribution < -0.4 is 20.7 Å².